The third-order valence-electron chi connectivity index (χ3n) is 3.58. The smallest absolute Gasteiger partial charge is 0.243 e. The molecule has 0 saturated heterocycles. The minimum absolute atomic E-state index is 0.0657. The van der Waals surface area contributed by atoms with Crippen LogP contribution in [0, 0.1) is 16.7 Å². The second-order valence-electron chi connectivity index (χ2n) is 4.70. The van der Waals surface area contributed by atoms with E-state index in [4.69, 9.17) is 5.11 Å². The molecule has 1 saturated carbocycles. The summed E-state index contributed by atoms with van der Waals surface area (Å²) in [6.07, 6.45) is 4.31. The average Bonchev–Trinajstić information content (AvgIpc) is 2.36. The zero-order valence-electron chi connectivity index (χ0n) is 10.1. The molecule has 4 heteroatoms. The monoisotopic (exact) mass is 224 g/mol. The third kappa shape index (κ3) is 2.35. The van der Waals surface area contributed by atoms with E-state index in [0.717, 1.165) is 19.3 Å². The fourth-order valence-electron chi connectivity index (χ4n) is 2.19. The second-order valence-corrected chi connectivity index (χ2v) is 4.70. The Labute approximate surface area is 96.9 Å². The number of hydrogen-bond acceptors (Lipinski definition) is 3. The van der Waals surface area contributed by atoms with Crippen molar-refractivity contribution in [3.8, 4) is 6.07 Å². The van der Waals surface area contributed by atoms with Crippen LogP contribution in [-0.2, 0) is 4.79 Å². The van der Waals surface area contributed by atoms with Crippen molar-refractivity contribution < 1.29 is 9.90 Å². The van der Waals surface area contributed by atoms with Crippen molar-refractivity contribution in [1.29, 1.82) is 5.26 Å². The van der Waals surface area contributed by atoms with Crippen LogP contribution in [0.2, 0.25) is 0 Å². The van der Waals surface area contributed by atoms with Crippen molar-refractivity contribution >= 4 is 5.91 Å². The van der Waals surface area contributed by atoms with E-state index >= 15 is 0 Å². The van der Waals surface area contributed by atoms with Gasteiger partial charge in [0.1, 0.15) is 5.41 Å². The molecule has 1 fully saturated rings. The summed E-state index contributed by atoms with van der Waals surface area (Å²) in [6, 6.07) is 1.98. The first-order valence-electron chi connectivity index (χ1n) is 5.87. The van der Waals surface area contributed by atoms with Crippen LogP contribution in [0.15, 0.2) is 0 Å². The first kappa shape index (κ1) is 13.0. The van der Waals surface area contributed by atoms with Gasteiger partial charge in [-0.2, -0.15) is 5.26 Å². The first-order chi connectivity index (χ1) is 7.57. The lowest BCUT2D eigenvalue weighted by molar-refractivity contribution is -0.141. The molecule has 0 bridgehead atoms. The Bertz CT molecular complexity index is 290. The minimum atomic E-state index is -0.837. The van der Waals surface area contributed by atoms with Gasteiger partial charge in [-0.15, -0.1) is 0 Å². The Morgan fingerprint density at radius 3 is 2.50 bits per heavy atom. The van der Waals surface area contributed by atoms with Gasteiger partial charge in [0.2, 0.25) is 5.91 Å². The van der Waals surface area contributed by atoms with E-state index < -0.39 is 5.41 Å². The third-order valence-corrected chi connectivity index (χ3v) is 3.58. The second kappa shape index (κ2) is 5.31. The van der Waals surface area contributed by atoms with Crippen LogP contribution in [0.3, 0.4) is 0 Å². The zero-order chi connectivity index (χ0) is 12.2. The van der Waals surface area contributed by atoms with Gasteiger partial charge in [0.05, 0.1) is 18.7 Å². The molecule has 0 aliphatic heterocycles. The molecule has 90 valence electrons. The summed E-state index contributed by atoms with van der Waals surface area (Å²) in [5.74, 6) is -0.128. The molecule has 0 heterocycles. The molecule has 1 unspecified atom stereocenters. The normalized spacial score (nSPS) is 20.9. The molecule has 0 aromatic rings. The van der Waals surface area contributed by atoms with Crippen LogP contribution in [0.5, 0.6) is 0 Å². The van der Waals surface area contributed by atoms with Gasteiger partial charge < -0.3 is 10.0 Å². The Balaban J connectivity index is 2.80. The molecule has 0 radical (unpaired) electrons. The van der Waals surface area contributed by atoms with E-state index in [-0.39, 0.29) is 18.6 Å². The van der Waals surface area contributed by atoms with Crippen LogP contribution in [0.1, 0.15) is 39.0 Å². The highest BCUT2D eigenvalue weighted by Crippen LogP contribution is 2.37. The average molecular weight is 224 g/mol. The molecular weight excluding hydrogens is 204 g/mol. The summed E-state index contributed by atoms with van der Waals surface area (Å²) in [4.78, 5) is 13.8. The highest BCUT2D eigenvalue weighted by Gasteiger charge is 2.42. The standard InChI is InChI=1S/C12H20N2O2/c1-10(8-15)14(2)11(16)12(9-13)6-4-3-5-7-12/h10,15H,3-8H2,1-2H3. The van der Waals surface area contributed by atoms with Crippen LogP contribution in [-0.4, -0.2) is 35.6 Å². The number of aliphatic hydroxyl groups excluding tert-OH is 1. The lowest BCUT2D eigenvalue weighted by Gasteiger charge is -2.35. The van der Waals surface area contributed by atoms with Crippen LogP contribution in [0.4, 0.5) is 0 Å². The summed E-state index contributed by atoms with van der Waals surface area (Å²) in [5, 5.41) is 18.3. The molecule has 1 rings (SSSR count). The highest BCUT2D eigenvalue weighted by atomic mass is 16.3. The number of rotatable bonds is 3. The van der Waals surface area contributed by atoms with E-state index in [0.29, 0.717) is 12.8 Å². The lowest BCUT2D eigenvalue weighted by atomic mass is 9.74. The molecule has 1 amide bonds. The topological polar surface area (TPSA) is 64.3 Å². The molecule has 1 aliphatic carbocycles. The Morgan fingerprint density at radius 1 is 1.50 bits per heavy atom. The Kier molecular flexibility index (Phi) is 4.31. The van der Waals surface area contributed by atoms with E-state index in [1.807, 2.05) is 0 Å². The molecule has 1 N–H and O–H groups in total. The number of carbonyl (C=O) groups is 1. The predicted molar refractivity (Wildman–Crippen MR) is 60.4 cm³/mol. The summed E-state index contributed by atoms with van der Waals surface area (Å²) >= 11 is 0. The number of likely N-dealkylation sites (N-methyl/N-ethyl adjacent to an activating group) is 1. The largest absolute Gasteiger partial charge is 0.394 e. The molecule has 1 atom stereocenters. The SMILES string of the molecule is CC(CO)N(C)C(=O)C1(C#N)CCCCC1. The predicted octanol–water partition coefficient (Wildman–Crippen LogP) is 1.30. The van der Waals surface area contributed by atoms with Gasteiger partial charge in [0, 0.05) is 7.05 Å². The van der Waals surface area contributed by atoms with E-state index in [1.54, 1.807) is 14.0 Å². The number of carbonyl (C=O) groups excluding carboxylic acids is 1. The lowest BCUT2D eigenvalue weighted by Crippen LogP contribution is -2.47. The Hall–Kier alpha value is -1.08. The van der Waals surface area contributed by atoms with E-state index in [9.17, 15) is 10.1 Å². The van der Waals surface area contributed by atoms with Gasteiger partial charge in [-0.1, -0.05) is 19.3 Å². The molecule has 4 nitrogen and oxygen atoms in total. The number of aliphatic hydroxyl groups is 1. The number of hydrogen-bond donors (Lipinski definition) is 1. The van der Waals surface area contributed by atoms with Gasteiger partial charge in [0.15, 0.2) is 0 Å². The van der Waals surface area contributed by atoms with Gasteiger partial charge in [0.25, 0.3) is 0 Å². The van der Waals surface area contributed by atoms with Crippen LogP contribution >= 0.6 is 0 Å². The molecular formula is C12H20N2O2. The number of amides is 1. The summed E-state index contributed by atoms with van der Waals surface area (Å²) in [6.45, 7) is 1.72. The maximum atomic E-state index is 12.2. The van der Waals surface area contributed by atoms with Gasteiger partial charge in [-0.05, 0) is 19.8 Å². The van der Waals surface area contributed by atoms with Gasteiger partial charge in [-0.25, -0.2) is 0 Å². The van der Waals surface area contributed by atoms with Crippen molar-refractivity contribution in [2.24, 2.45) is 5.41 Å². The molecule has 0 aromatic carbocycles. The summed E-state index contributed by atoms with van der Waals surface area (Å²) in [7, 11) is 1.66. The quantitative estimate of drug-likeness (QED) is 0.785. The van der Waals surface area contributed by atoms with Crippen molar-refractivity contribution in [3.63, 3.8) is 0 Å². The summed E-state index contributed by atoms with van der Waals surface area (Å²) < 4.78 is 0. The van der Waals surface area contributed by atoms with Crippen molar-refractivity contribution in [1.82, 2.24) is 4.90 Å². The van der Waals surface area contributed by atoms with Crippen molar-refractivity contribution in [2.45, 2.75) is 45.1 Å². The van der Waals surface area contributed by atoms with Crippen molar-refractivity contribution in [3.05, 3.63) is 0 Å². The number of nitrogens with zero attached hydrogens (tertiary/aromatic N) is 2. The maximum Gasteiger partial charge on any atom is 0.243 e. The summed E-state index contributed by atoms with van der Waals surface area (Å²) in [5.41, 5.74) is -0.837. The zero-order valence-corrected chi connectivity index (χ0v) is 10.1. The van der Waals surface area contributed by atoms with Gasteiger partial charge in [-0.3, -0.25) is 4.79 Å². The van der Waals surface area contributed by atoms with E-state index in [1.165, 1.54) is 4.90 Å². The highest BCUT2D eigenvalue weighted by molar-refractivity contribution is 5.85. The van der Waals surface area contributed by atoms with E-state index in [2.05, 4.69) is 6.07 Å². The molecule has 16 heavy (non-hydrogen) atoms. The fourth-order valence-corrected chi connectivity index (χ4v) is 2.19. The molecule has 0 aromatic heterocycles. The van der Waals surface area contributed by atoms with Crippen LogP contribution in [0.25, 0.3) is 0 Å². The minimum Gasteiger partial charge on any atom is -0.394 e. The van der Waals surface area contributed by atoms with Crippen LogP contribution < -0.4 is 0 Å². The molecule has 1 aliphatic rings. The van der Waals surface area contributed by atoms with Crippen molar-refractivity contribution in [2.75, 3.05) is 13.7 Å². The number of nitriles is 1. The fraction of sp³-hybridized carbons (Fsp3) is 0.833. The first-order valence-corrected chi connectivity index (χ1v) is 5.87. The van der Waals surface area contributed by atoms with Gasteiger partial charge >= 0.3 is 0 Å². The Morgan fingerprint density at radius 2 is 2.06 bits per heavy atom. The molecule has 0 spiro atoms. The maximum absolute atomic E-state index is 12.2.